The molecule has 0 fully saturated rings. The van der Waals surface area contributed by atoms with Gasteiger partial charge in [-0.05, 0) is 41.7 Å². The fourth-order valence-corrected chi connectivity index (χ4v) is 2.96. The minimum absolute atomic E-state index is 0.236. The van der Waals surface area contributed by atoms with Crippen LogP contribution in [0, 0.1) is 0 Å². The number of carbonyl (C=O) groups excluding carboxylic acids is 1. The number of nitrogens with zero attached hydrogens (tertiary/aromatic N) is 2. The zero-order chi connectivity index (χ0) is 20.6. The molecular weight excluding hydrogens is 364 g/mol. The summed E-state index contributed by atoms with van der Waals surface area (Å²) in [6, 6.07) is 17.6. The highest BCUT2D eigenvalue weighted by Crippen LogP contribution is 2.20. The zero-order valence-corrected chi connectivity index (χ0v) is 17.0. The van der Waals surface area contributed by atoms with E-state index < -0.39 is 0 Å². The summed E-state index contributed by atoms with van der Waals surface area (Å²) < 4.78 is 5.34. The smallest absolute Gasteiger partial charge is 0.270 e. The second kappa shape index (κ2) is 9.68. The van der Waals surface area contributed by atoms with E-state index in [2.05, 4.69) is 46.6 Å². The van der Waals surface area contributed by atoms with Gasteiger partial charge in [0, 0.05) is 18.3 Å². The molecule has 0 aliphatic carbocycles. The van der Waals surface area contributed by atoms with Gasteiger partial charge in [0.1, 0.15) is 23.6 Å². The molecule has 3 aromatic rings. The number of amides is 1. The van der Waals surface area contributed by atoms with Crippen LogP contribution in [0.2, 0.25) is 0 Å². The molecule has 0 aliphatic rings. The average molecular weight is 390 g/mol. The molecule has 0 radical (unpaired) electrons. The Balaban J connectivity index is 1.59. The van der Waals surface area contributed by atoms with Gasteiger partial charge in [0.25, 0.3) is 5.91 Å². The lowest BCUT2D eigenvalue weighted by molar-refractivity contribution is 0.0949. The number of aromatic nitrogens is 2. The topological polar surface area (TPSA) is 76.1 Å². The standard InChI is InChI=1S/C23H26N4O2/c1-16(2)17-8-10-19(11-9-17)27-22-14-20(25-15-26-22)23(28)24-13-12-18-6-4-5-7-21(18)29-3/h4-11,14-16H,12-13H2,1-3H3,(H,24,28)(H,25,26,27). The predicted octanol–water partition coefficient (Wildman–Crippen LogP) is 4.32. The van der Waals surface area contributed by atoms with Gasteiger partial charge in [-0.2, -0.15) is 0 Å². The van der Waals surface area contributed by atoms with Crippen molar-refractivity contribution < 1.29 is 9.53 Å². The summed E-state index contributed by atoms with van der Waals surface area (Å²) in [7, 11) is 1.64. The van der Waals surface area contributed by atoms with Crippen LogP contribution >= 0.6 is 0 Å². The Morgan fingerprint density at radius 3 is 2.55 bits per heavy atom. The molecule has 1 aromatic heterocycles. The first-order chi connectivity index (χ1) is 14.1. The van der Waals surface area contributed by atoms with Crippen molar-refractivity contribution >= 4 is 17.4 Å². The third kappa shape index (κ3) is 5.54. The normalized spacial score (nSPS) is 10.6. The van der Waals surface area contributed by atoms with Crippen LogP contribution in [0.5, 0.6) is 5.75 Å². The zero-order valence-electron chi connectivity index (χ0n) is 17.0. The first-order valence-electron chi connectivity index (χ1n) is 9.66. The number of hydrogen-bond acceptors (Lipinski definition) is 5. The second-order valence-corrected chi connectivity index (χ2v) is 7.01. The van der Waals surface area contributed by atoms with Crippen LogP contribution in [-0.2, 0) is 6.42 Å². The number of rotatable bonds is 8. The van der Waals surface area contributed by atoms with Crippen LogP contribution in [0.1, 0.15) is 41.4 Å². The molecule has 2 N–H and O–H groups in total. The quantitative estimate of drug-likeness (QED) is 0.599. The number of benzene rings is 2. The number of carbonyl (C=O) groups is 1. The summed E-state index contributed by atoms with van der Waals surface area (Å²) in [6.45, 7) is 4.81. The Kier molecular flexibility index (Phi) is 6.79. The van der Waals surface area contributed by atoms with Crippen molar-refractivity contribution in [1.29, 1.82) is 0 Å². The van der Waals surface area contributed by atoms with Crippen LogP contribution in [-0.4, -0.2) is 29.5 Å². The summed E-state index contributed by atoms with van der Waals surface area (Å²) in [5.74, 6) is 1.64. The second-order valence-electron chi connectivity index (χ2n) is 7.01. The highest BCUT2D eigenvalue weighted by molar-refractivity contribution is 5.92. The molecule has 2 aromatic carbocycles. The minimum Gasteiger partial charge on any atom is -0.496 e. The van der Waals surface area contributed by atoms with Gasteiger partial charge in [0.05, 0.1) is 7.11 Å². The van der Waals surface area contributed by atoms with E-state index in [1.54, 1.807) is 13.2 Å². The van der Waals surface area contributed by atoms with Crippen LogP contribution in [0.25, 0.3) is 0 Å². The molecule has 0 spiro atoms. The van der Waals surface area contributed by atoms with E-state index in [1.165, 1.54) is 11.9 Å². The molecule has 6 heteroatoms. The fraction of sp³-hybridized carbons (Fsp3) is 0.261. The molecule has 6 nitrogen and oxygen atoms in total. The van der Waals surface area contributed by atoms with Gasteiger partial charge in [-0.1, -0.05) is 44.2 Å². The van der Waals surface area contributed by atoms with Crippen LogP contribution < -0.4 is 15.4 Å². The molecule has 0 bridgehead atoms. The monoisotopic (exact) mass is 390 g/mol. The van der Waals surface area contributed by atoms with E-state index in [1.807, 2.05) is 36.4 Å². The van der Waals surface area contributed by atoms with Crippen LogP contribution in [0.4, 0.5) is 11.5 Å². The number of ether oxygens (including phenoxy) is 1. The first-order valence-corrected chi connectivity index (χ1v) is 9.66. The third-order valence-corrected chi connectivity index (χ3v) is 4.62. The van der Waals surface area contributed by atoms with E-state index in [9.17, 15) is 4.79 Å². The van der Waals surface area contributed by atoms with Gasteiger partial charge in [-0.3, -0.25) is 4.79 Å². The van der Waals surface area contributed by atoms with Crippen molar-refractivity contribution in [2.75, 3.05) is 19.0 Å². The maximum atomic E-state index is 12.5. The van der Waals surface area contributed by atoms with Gasteiger partial charge in [0.2, 0.25) is 0 Å². The number of hydrogen-bond donors (Lipinski definition) is 2. The van der Waals surface area contributed by atoms with E-state index in [0.717, 1.165) is 17.0 Å². The molecule has 150 valence electrons. The molecule has 0 atom stereocenters. The largest absolute Gasteiger partial charge is 0.496 e. The Morgan fingerprint density at radius 1 is 1.07 bits per heavy atom. The van der Waals surface area contributed by atoms with E-state index >= 15 is 0 Å². The summed E-state index contributed by atoms with van der Waals surface area (Å²) in [4.78, 5) is 20.7. The molecule has 0 unspecified atom stereocenters. The summed E-state index contributed by atoms with van der Waals surface area (Å²) >= 11 is 0. The van der Waals surface area contributed by atoms with Gasteiger partial charge in [-0.25, -0.2) is 9.97 Å². The number of anilines is 2. The molecule has 0 saturated heterocycles. The van der Waals surface area contributed by atoms with Gasteiger partial charge in [0.15, 0.2) is 0 Å². The Labute approximate surface area is 171 Å². The lowest BCUT2D eigenvalue weighted by Crippen LogP contribution is -2.26. The summed E-state index contributed by atoms with van der Waals surface area (Å²) in [6.07, 6.45) is 2.06. The Morgan fingerprint density at radius 2 is 1.83 bits per heavy atom. The number of methoxy groups -OCH3 is 1. The Bertz CT molecular complexity index is 955. The van der Waals surface area contributed by atoms with Gasteiger partial charge in [-0.15, -0.1) is 0 Å². The average Bonchev–Trinajstić information content (AvgIpc) is 2.74. The van der Waals surface area contributed by atoms with Crippen molar-refractivity contribution in [3.05, 3.63) is 77.7 Å². The Hall–Kier alpha value is -3.41. The maximum absolute atomic E-state index is 12.5. The van der Waals surface area contributed by atoms with Crippen LogP contribution in [0.3, 0.4) is 0 Å². The van der Waals surface area contributed by atoms with Crippen LogP contribution in [0.15, 0.2) is 60.9 Å². The van der Waals surface area contributed by atoms with Gasteiger partial charge >= 0.3 is 0 Å². The maximum Gasteiger partial charge on any atom is 0.270 e. The summed E-state index contributed by atoms with van der Waals surface area (Å²) in [5, 5.41) is 6.11. The molecule has 0 saturated carbocycles. The SMILES string of the molecule is COc1ccccc1CCNC(=O)c1cc(Nc2ccc(C(C)C)cc2)ncn1. The number of para-hydroxylation sites is 1. The minimum atomic E-state index is -0.236. The van der Waals surface area contributed by atoms with Crippen molar-refractivity contribution in [3.63, 3.8) is 0 Å². The molecule has 1 heterocycles. The summed E-state index contributed by atoms with van der Waals surface area (Å²) in [5.41, 5.74) is 3.55. The van der Waals surface area contributed by atoms with Crippen molar-refractivity contribution in [2.24, 2.45) is 0 Å². The highest BCUT2D eigenvalue weighted by Gasteiger charge is 2.10. The highest BCUT2D eigenvalue weighted by atomic mass is 16.5. The lowest BCUT2D eigenvalue weighted by Gasteiger charge is -2.10. The molecule has 29 heavy (non-hydrogen) atoms. The van der Waals surface area contributed by atoms with E-state index in [-0.39, 0.29) is 5.91 Å². The molecule has 3 rings (SSSR count). The van der Waals surface area contributed by atoms with Crippen molar-refractivity contribution in [1.82, 2.24) is 15.3 Å². The molecule has 1 amide bonds. The third-order valence-electron chi connectivity index (χ3n) is 4.62. The number of nitrogens with one attached hydrogen (secondary N) is 2. The van der Waals surface area contributed by atoms with E-state index in [4.69, 9.17) is 4.74 Å². The van der Waals surface area contributed by atoms with E-state index in [0.29, 0.717) is 30.4 Å². The van der Waals surface area contributed by atoms with Gasteiger partial charge < -0.3 is 15.4 Å². The van der Waals surface area contributed by atoms with Crippen molar-refractivity contribution in [3.8, 4) is 5.75 Å². The molecular formula is C23H26N4O2. The lowest BCUT2D eigenvalue weighted by atomic mass is 10.0. The first kappa shape index (κ1) is 20.3. The molecule has 0 aliphatic heterocycles. The van der Waals surface area contributed by atoms with Crippen molar-refractivity contribution in [2.45, 2.75) is 26.2 Å². The fourth-order valence-electron chi connectivity index (χ4n) is 2.96. The predicted molar refractivity (Wildman–Crippen MR) is 115 cm³/mol.